The van der Waals surface area contributed by atoms with Crippen LogP contribution in [0, 0.1) is 11.8 Å². The van der Waals surface area contributed by atoms with Crippen LogP contribution in [0.15, 0.2) is 48.8 Å². The minimum Gasteiger partial charge on any atom is -0.493 e. The van der Waals surface area contributed by atoms with E-state index in [1.54, 1.807) is 6.07 Å². The molecule has 0 aliphatic carbocycles. The summed E-state index contributed by atoms with van der Waals surface area (Å²) >= 11 is 0. The van der Waals surface area contributed by atoms with Crippen molar-refractivity contribution >= 4 is 11.5 Å². The van der Waals surface area contributed by atoms with Gasteiger partial charge >= 0.3 is 12.4 Å². The van der Waals surface area contributed by atoms with Crippen LogP contribution in [-0.4, -0.2) is 26.2 Å². The molecule has 0 unspecified atom stereocenters. The van der Waals surface area contributed by atoms with Gasteiger partial charge in [0.05, 0.1) is 29.6 Å². The Morgan fingerprint density at radius 2 is 1.74 bits per heavy atom. The molecule has 180 valence electrons. The Balaban J connectivity index is 1.89. The topological polar surface area (TPSA) is 78.3 Å². The second kappa shape index (κ2) is 8.83. The van der Waals surface area contributed by atoms with Crippen molar-refractivity contribution in [3.05, 3.63) is 71.2 Å². The molecule has 0 radical (unpaired) electrons. The fourth-order valence-electron chi connectivity index (χ4n) is 3.21. The molecule has 0 fully saturated rings. The van der Waals surface area contributed by atoms with Crippen molar-refractivity contribution in [2.75, 3.05) is 12.3 Å². The number of nitrogens with zero attached hydrogens (tertiary/aromatic N) is 4. The second-order valence-corrected chi connectivity index (χ2v) is 7.18. The number of aromatic nitrogens is 4. The lowest BCUT2D eigenvalue weighted by molar-refractivity contribution is -0.142. The predicted molar refractivity (Wildman–Crippen MR) is 114 cm³/mol. The summed E-state index contributed by atoms with van der Waals surface area (Å²) in [7, 11) is 0. The van der Waals surface area contributed by atoms with Gasteiger partial charge in [0.2, 0.25) is 0 Å². The lowest BCUT2D eigenvalue weighted by Crippen LogP contribution is -2.14. The van der Waals surface area contributed by atoms with E-state index in [0.717, 1.165) is 24.4 Å². The van der Waals surface area contributed by atoms with Crippen LogP contribution in [0.25, 0.3) is 16.9 Å². The number of halogens is 6. The van der Waals surface area contributed by atoms with Gasteiger partial charge in [0, 0.05) is 17.3 Å². The Labute approximate surface area is 194 Å². The molecule has 3 heterocycles. The Bertz CT molecular complexity index is 1450. The van der Waals surface area contributed by atoms with Crippen LogP contribution in [0.3, 0.4) is 0 Å². The van der Waals surface area contributed by atoms with Gasteiger partial charge in [-0.25, -0.2) is 14.5 Å². The maximum atomic E-state index is 13.8. The number of fused-ring (bicyclic) bond motifs is 1. The van der Waals surface area contributed by atoms with E-state index < -0.39 is 29.4 Å². The second-order valence-electron chi connectivity index (χ2n) is 7.18. The molecule has 0 aliphatic rings. The summed E-state index contributed by atoms with van der Waals surface area (Å²) < 4.78 is 87.0. The SMILES string of the molecule is CCOc1cc(-c2cc(C(F)(F)F)n3ncc(C#Cc4ccc(N)nc4)c3n2)ccc1C(F)(F)F. The van der Waals surface area contributed by atoms with Crippen molar-refractivity contribution in [3.63, 3.8) is 0 Å². The zero-order valence-electron chi connectivity index (χ0n) is 17.9. The van der Waals surface area contributed by atoms with Crippen molar-refractivity contribution in [2.24, 2.45) is 0 Å². The maximum absolute atomic E-state index is 13.8. The number of benzene rings is 1. The van der Waals surface area contributed by atoms with Crippen LogP contribution in [0.1, 0.15) is 29.3 Å². The Kier molecular flexibility index (Phi) is 6.02. The highest BCUT2D eigenvalue weighted by Gasteiger charge is 2.37. The van der Waals surface area contributed by atoms with Gasteiger partial charge in [-0.05, 0) is 37.3 Å². The van der Waals surface area contributed by atoms with Crippen molar-refractivity contribution in [1.82, 2.24) is 19.6 Å². The third kappa shape index (κ3) is 4.98. The van der Waals surface area contributed by atoms with Crippen LogP contribution >= 0.6 is 0 Å². The molecular formula is C23H15F6N5O. The van der Waals surface area contributed by atoms with E-state index in [4.69, 9.17) is 10.5 Å². The average Bonchev–Trinajstić information content (AvgIpc) is 3.19. The molecule has 1 aromatic carbocycles. The molecular weight excluding hydrogens is 476 g/mol. The van der Waals surface area contributed by atoms with E-state index in [0.29, 0.717) is 16.1 Å². The van der Waals surface area contributed by atoms with Gasteiger partial charge in [0.15, 0.2) is 11.3 Å². The van der Waals surface area contributed by atoms with E-state index in [9.17, 15) is 26.3 Å². The van der Waals surface area contributed by atoms with Crippen LogP contribution in [0.2, 0.25) is 0 Å². The first-order chi connectivity index (χ1) is 16.5. The molecule has 12 heteroatoms. The quantitative estimate of drug-likeness (QED) is 0.315. The minimum absolute atomic E-state index is 0.00251. The van der Waals surface area contributed by atoms with Crippen LogP contribution < -0.4 is 10.5 Å². The van der Waals surface area contributed by atoms with E-state index in [2.05, 4.69) is 26.9 Å². The summed E-state index contributed by atoms with van der Waals surface area (Å²) in [4.78, 5) is 8.11. The first kappa shape index (κ1) is 23.9. The normalized spacial score (nSPS) is 11.9. The van der Waals surface area contributed by atoms with E-state index in [1.165, 1.54) is 19.2 Å². The van der Waals surface area contributed by atoms with Gasteiger partial charge in [0.25, 0.3) is 0 Å². The third-order valence-electron chi connectivity index (χ3n) is 4.77. The average molecular weight is 491 g/mol. The molecule has 4 rings (SSSR count). The summed E-state index contributed by atoms with van der Waals surface area (Å²) in [6.07, 6.45) is -7.02. The molecule has 3 aromatic heterocycles. The van der Waals surface area contributed by atoms with Crippen LogP contribution in [0.4, 0.5) is 32.2 Å². The number of pyridine rings is 1. The summed E-state index contributed by atoms with van der Waals surface area (Å²) in [5, 5.41) is 3.76. The molecule has 0 saturated heterocycles. The number of rotatable bonds is 3. The monoisotopic (exact) mass is 491 g/mol. The van der Waals surface area contributed by atoms with E-state index in [1.807, 2.05) is 0 Å². The van der Waals surface area contributed by atoms with Gasteiger partial charge in [-0.15, -0.1) is 0 Å². The molecule has 0 amide bonds. The van der Waals surface area contributed by atoms with Gasteiger partial charge in [-0.1, -0.05) is 17.9 Å². The molecule has 2 N–H and O–H groups in total. The fraction of sp³-hybridized carbons (Fsp3) is 0.174. The Morgan fingerprint density at radius 1 is 0.971 bits per heavy atom. The number of nitrogens with two attached hydrogens (primary N) is 1. The molecule has 6 nitrogen and oxygen atoms in total. The molecule has 4 aromatic rings. The molecule has 35 heavy (non-hydrogen) atoms. The first-order valence-electron chi connectivity index (χ1n) is 10.0. The molecule has 0 saturated carbocycles. The molecule has 0 aliphatic heterocycles. The smallest absolute Gasteiger partial charge is 0.433 e. The lowest BCUT2D eigenvalue weighted by Gasteiger charge is -2.15. The molecule has 0 bridgehead atoms. The zero-order valence-corrected chi connectivity index (χ0v) is 17.9. The highest BCUT2D eigenvalue weighted by Crippen LogP contribution is 2.39. The largest absolute Gasteiger partial charge is 0.493 e. The first-order valence-corrected chi connectivity index (χ1v) is 10.0. The van der Waals surface area contributed by atoms with Crippen molar-refractivity contribution in [2.45, 2.75) is 19.3 Å². The fourth-order valence-corrected chi connectivity index (χ4v) is 3.21. The van der Waals surface area contributed by atoms with Gasteiger partial charge < -0.3 is 10.5 Å². The maximum Gasteiger partial charge on any atom is 0.433 e. The third-order valence-corrected chi connectivity index (χ3v) is 4.77. The highest BCUT2D eigenvalue weighted by molar-refractivity contribution is 5.68. The summed E-state index contributed by atoms with van der Waals surface area (Å²) in [6, 6.07) is 6.58. The van der Waals surface area contributed by atoms with Crippen molar-refractivity contribution in [3.8, 4) is 28.8 Å². The number of nitrogen functional groups attached to an aromatic ring is 1. The van der Waals surface area contributed by atoms with Gasteiger partial charge in [-0.3, -0.25) is 0 Å². The van der Waals surface area contributed by atoms with Crippen LogP contribution in [-0.2, 0) is 12.4 Å². The highest BCUT2D eigenvalue weighted by atomic mass is 19.4. The van der Waals surface area contributed by atoms with E-state index in [-0.39, 0.29) is 34.9 Å². The van der Waals surface area contributed by atoms with Crippen molar-refractivity contribution in [1.29, 1.82) is 0 Å². The lowest BCUT2D eigenvalue weighted by atomic mass is 10.1. The predicted octanol–water partition coefficient (Wildman–Crippen LogP) is 5.21. The number of hydrogen-bond acceptors (Lipinski definition) is 5. The number of ether oxygens (including phenoxy) is 1. The van der Waals surface area contributed by atoms with E-state index >= 15 is 0 Å². The van der Waals surface area contributed by atoms with Gasteiger partial charge in [0.1, 0.15) is 11.6 Å². The number of anilines is 1. The van der Waals surface area contributed by atoms with Crippen LogP contribution in [0.5, 0.6) is 5.75 Å². The summed E-state index contributed by atoms with van der Waals surface area (Å²) in [5.41, 5.74) is 3.39. The molecule has 0 spiro atoms. The Morgan fingerprint density at radius 3 is 2.37 bits per heavy atom. The number of hydrogen-bond donors (Lipinski definition) is 1. The summed E-state index contributed by atoms with van der Waals surface area (Å²) in [6.45, 7) is 1.42. The zero-order chi connectivity index (χ0) is 25.4. The number of alkyl halides is 6. The summed E-state index contributed by atoms with van der Waals surface area (Å²) in [5.74, 6) is 5.21. The molecule has 0 atom stereocenters. The minimum atomic E-state index is -4.83. The Hall–Kier alpha value is -4.27. The van der Waals surface area contributed by atoms with Gasteiger partial charge in [-0.2, -0.15) is 31.4 Å². The standard InChI is InChI=1S/C23H15F6N5O/c1-2-35-18-9-14(6-7-16(18)22(24,25)26)17-10-19(23(27,28)29)34-21(33-17)15(12-32-34)5-3-13-4-8-20(30)31-11-13/h4,6-12H,2H2,1H3,(H2,30,31). The van der Waals surface area contributed by atoms with Crippen molar-refractivity contribution < 1.29 is 31.1 Å².